The number of carboxylic acid groups (broad SMARTS) is 1. The zero-order chi connectivity index (χ0) is 15.0. The molecule has 4 heteroatoms. The molecule has 0 bridgehead atoms. The first-order chi connectivity index (χ1) is 9.32. The lowest BCUT2D eigenvalue weighted by atomic mass is 10.0. The van der Waals surface area contributed by atoms with Gasteiger partial charge in [0.2, 0.25) is 0 Å². The molecule has 0 saturated carbocycles. The lowest BCUT2D eigenvalue weighted by Crippen LogP contribution is -2.05. The van der Waals surface area contributed by atoms with Gasteiger partial charge in [-0.05, 0) is 29.5 Å². The molecule has 108 valence electrons. The summed E-state index contributed by atoms with van der Waals surface area (Å²) < 4.78 is 1.90. The fraction of sp³-hybridized carbons (Fsp3) is 0.438. The Morgan fingerprint density at radius 3 is 2.45 bits per heavy atom. The SMILES string of the molecule is CC(C)Cn1c(Cl)c(C(=O)O)c2cc(C(C)C)ccc21. The van der Waals surface area contributed by atoms with E-state index < -0.39 is 5.97 Å². The van der Waals surface area contributed by atoms with Crippen molar-refractivity contribution in [2.75, 3.05) is 0 Å². The lowest BCUT2D eigenvalue weighted by molar-refractivity contribution is 0.0699. The van der Waals surface area contributed by atoms with Gasteiger partial charge in [0, 0.05) is 11.9 Å². The third kappa shape index (κ3) is 2.55. The van der Waals surface area contributed by atoms with Crippen LogP contribution in [-0.2, 0) is 6.54 Å². The van der Waals surface area contributed by atoms with Gasteiger partial charge in [-0.25, -0.2) is 4.79 Å². The molecule has 1 N–H and O–H groups in total. The number of hydrogen-bond acceptors (Lipinski definition) is 1. The van der Waals surface area contributed by atoms with Gasteiger partial charge in [-0.2, -0.15) is 0 Å². The second-order valence-electron chi connectivity index (χ2n) is 5.91. The summed E-state index contributed by atoms with van der Waals surface area (Å²) in [4.78, 5) is 11.5. The summed E-state index contributed by atoms with van der Waals surface area (Å²) in [5.41, 5.74) is 2.23. The van der Waals surface area contributed by atoms with Crippen LogP contribution in [0.2, 0.25) is 5.15 Å². The fourth-order valence-electron chi connectivity index (χ4n) is 2.45. The molecule has 20 heavy (non-hydrogen) atoms. The highest BCUT2D eigenvalue weighted by molar-refractivity contribution is 6.35. The molecular weight excluding hydrogens is 274 g/mol. The predicted octanol–water partition coefficient (Wildman–Crippen LogP) is 4.77. The first kappa shape index (κ1) is 14.9. The van der Waals surface area contributed by atoms with Crippen molar-refractivity contribution < 1.29 is 9.90 Å². The van der Waals surface area contributed by atoms with Gasteiger partial charge in [-0.15, -0.1) is 0 Å². The van der Waals surface area contributed by atoms with E-state index in [0.29, 0.717) is 23.5 Å². The molecule has 1 aromatic carbocycles. The summed E-state index contributed by atoms with van der Waals surface area (Å²) in [7, 11) is 0. The number of carboxylic acids is 1. The zero-order valence-corrected chi connectivity index (χ0v) is 13.0. The quantitative estimate of drug-likeness (QED) is 0.882. The summed E-state index contributed by atoms with van der Waals surface area (Å²) in [6.45, 7) is 9.07. The van der Waals surface area contributed by atoms with Crippen molar-refractivity contribution in [3.05, 3.63) is 34.5 Å². The Labute approximate surface area is 124 Å². The molecular formula is C16H20ClNO2. The largest absolute Gasteiger partial charge is 0.478 e. The molecule has 2 rings (SSSR count). The molecule has 0 fully saturated rings. The molecule has 3 nitrogen and oxygen atoms in total. The number of benzene rings is 1. The number of rotatable bonds is 4. The standard InChI is InChI=1S/C16H20ClNO2/c1-9(2)8-18-13-6-5-11(10(3)4)7-12(13)14(15(18)17)16(19)20/h5-7,9-10H,8H2,1-4H3,(H,19,20). The first-order valence-corrected chi connectivity index (χ1v) is 7.25. The predicted molar refractivity (Wildman–Crippen MR) is 82.8 cm³/mol. The van der Waals surface area contributed by atoms with Gasteiger partial charge in [0.25, 0.3) is 0 Å². The number of nitrogens with zero attached hydrogens (tertiary/aromatic N) is 1. The van der Waals surface area contributed by atoms with Crippen LogP contribution < -0.4 is 0 Å². The molecule has 0 atom stereocenters. The fourth-order valence-corrected chi connectivity index (χ4v) is 2.79. The third-order valence-electron chi connectivity index (χ3n) is 3.45. The van der Waals surface area contributed by atoms with Crippen molar-refractivity contribution in [3.63, 3.8) is 0 Å². The van der Waals surface area contributed by atoms with Gasteiger partial charge in [0.1, 0.15) is 10.7 Å². The summed E-state index contributed by atoms with van der Waals surface area (Å²) in [5.74, 6) is -0.216. The first-order valence-electron chi connectivity index (χ1n) is 6.87. The van der Waals surface area contributed by atoms with Crippen LogP contribution in [0.15, 0.2) is 18.2 Å². The van der Waals surface area contributed by atoms with E-state index in [1.54, 1.807) is 0 Å². The van der Waals surface area contributed by atoms with E-state index in [0.717, 1.165) is 16.5 Å². The van der Waals surface area contributed by atoms with Gasteiger partial charge in [0.15, 0.2) is 0 Å². The molecule has 1 aromatic heterocycles. The summed E-state index contributed by atoms with van der Waals surface area (Å²) in [6.07, 6.45) is 0. The van der Waals surface area contributed by atoms with Gasteiger partial charge < -0.3 is 9.67 Å². The molecule has 0 aliphatic heterocycles. The number of halogens is 1. The van der Waals surface area contributed by atoms with Crippen LogP contribution in [0.3, 0.4) is 0 Å². The molecule has 0 amide bonds. The zero-order valence-electron chi connectivity index (χ0n) is 12.3. The van der Waals surface area contributed by atoms with E-state index >= 15 is 0 Å². The van der Waals surface area contributed by atoms with Crippen molar-refractivity contribution >= 4 is 28.5 Å². The lowest BCUT2D eigenvalue weighted by Gasteiger charge is -2.10. The van der Waals surface area contributed by atoms with E-state index in [1.165, 1.54) is 0 Å². The van der Waals surface area contributed by atoms with Crippen molar-refractivity contribution in [1.29, 1.82) is 0 Å². The van der Waals surface area contributed by atoms with Crippen LogP contribution in [0, 0.1) is 5.92 Å². The van der Waals surface area contributed by atoms with Crippen molar-refractivity contribution in [1.82, 2.24) is 4.57 Å². The minimum atomic E-state index is -0.969. The van der Waals surface area contributed by atoms with Crippen molar-refractivity contribution in [3.8, 4) is 0 Å². The molecule has 0 aliphatic rings. The third-order valence-corrected chi connectivity index (χ3v) is 3.85. The van der Waals surface area contributed by atoms with Gasteiger partial charge in [-0.1, -0.05) is 45.4 Å². The average molecular weight is 294 g/mol. The molecule has 2 aromatic rings. The van der Waals surface area contributed by atoms with Crippen molar-refractivity contribution in [2.45, 2.75) is 40.2 Å². The minimum absolute atomic E-state index is 0.213. The molecule has 0 unspecified atom stereocenters. The highest BCUT2D eigenvalue weighted by Gasteiger charge is 2.21. The van der Waals surface area contributed by atoms with E-state index in [4.69, 9.17) is 11.6 Å². The van der Waals surface area contributed by atoms with E-state index in [-0.39, 0.29) is 5.56 Å². The number of hydrogen-bond donors (Lipinski definition) is 1. The molecule has 0 spiro atoms. The molecule has 0 saturated heterocycles. The average Bonchev–Trinajstić information content (AvgIpc) is 2.61. The van der Waals surface area contributed by atoms with E-state index in [9.17, 15) is 9.90 Å². The minimum Gasteiger partial charge on any atom is -0.478 e. The Balaban J connectivity index is 2.76. The second-order valence-corrected chi connectivity index (χ2v) is 6.26. The number of aromatic nitrogens is 1. The number of fused-ring (bicyclic) bond motifs is 1. The molecule has 1 heterocycles. The Morgan fingerprint density at radius 2 is 1.95 bits per heavy atom. The Hall–Kier alpha value is -1.48. The maximum Gasteiger partial charge on any atom is 0.339 e. The topological polar surface area (TPSA) is 42.2 Å². The van der Waals surface area contributed by atoms with Crippen molar-refractivity contribution in [2.24, 2.45) is 5.92 Å². The van der Waals surface area contributed by atoms with E-state index in [1.807, 2.05) is 22.8 Å². The van der Waals surface area contributed by atoms with Gasteiger partial charge in [-0.3, -0.25) is 0 Å². The van der Waals surface area contributed by atoms with Crippen LogP contribution >= 0.6 is 11.6 Å². The van der Waals surface area contributed by atoms with E-state index in [2.05, 4.69) is 27.7 Å². The monoisotopic (exact) mass is 293 g/mol. The summed E-state index contributed by atoms with van der Waals surface area (Å²) in [5, 5.41) is 10.5. The van der Waals surface area contributed by atoms with Crippen LogP contribution in [-0.4, -0.2) is 15.6 Å². The maximum absolute atomic E-state index is 11.5. The maximum atomic E-state index is 11.5. The highest BCUT2D eigenvalue weighted by Crippen LogP contribution is 2.33. The molecule has 0 radical (unpaired) electrons. The van der Waals surface area contributed by atoms with Crippen LogP contribution in [0.4, 0.5) is 0 Å². The Kier molecular flexibility index (Phi) is 4.09. The summed E-state index contributed by atoms with van der Waals surface area (Å²) >= 11 is 6.31. The van der Waals surface area contributed by atoms with Gasteiger partial charge in [0.05, 0.1) is 5.52 Å². The normalized spacial score (nSPS) is 11.8. The highest BCUT2D eigenvalue weighted by atomic mass is 35.5. The van der Waals surface area contributed by atoms with Gasteiger partial charge >= 0.3 is 5.97 Å². The number of carbonyl (C=O) groups is 1. The van der Waals surface area contributed by atoms with Crippen LogP contribution in [0.5, 0.6) is 0 Å². The Bertz CT molecular complexity index is 656. The smallest absolute Gasteiger partial charge is 0.339 e. The summed E-state index contributed by atoms with van der Waals surface area (Å²) in [6, 6.07) is 5.98. The molecule has 0 aliphatic carbocycles. The second kappa shape index (κ2) is 5.49. The van der Waals surface area contributed by atoms with Crippen LogP contribution in [0.25, 0.3) is 10.9 Å². The Morgan fingerprint density at radius 1 is 1.30 bits per heavy atom. The van der Waals surface area contributed by atoms with Crippen LogP contribution in [0.1, 0.15) is 49.5 Å². The number of aromatic carboxylic acids is 1.